The maximum absolute atomic E-state index is 5.84. The van der Waals surface area contributed by atoms with Crippen molar-refractivity contribution in [1.29, 1.82) is 0 Å². The van der Waals surface area contributed by atoms with Gasteiger partial charge in [-0.15, -0.1) is 0 Å². The van der Waals surface area contributed by atoms with Crippen molar-refractivity contribution in [2.24, 2.45) is 0 Å². The van der Waals surface area contributed by atoms with Crippen LogP contribution in [0, 0.1) is 0 Å². The summed E-state index contributed by atoms with van der Waals surface area (Å²) in [4.78, 5) is 8.52. The molecule has 0 aliphatic carbocycles. The van der Waals surface area contributed by atoms with Gasteiger partial charge in [0.15, 0.2) is 5.58 Å². The highest BCUT2D eigenvalue weighted by atomic mass is 35.5. The second kappa shape index (κ2) is 4.31. The first-order chi connectivity index (χ1) is 8.76. The standard InChI is InChI=1S/C13H9ClN2O2/c1-17-8-5-6-11-10(7-8)16-13(18-11)9-3-2-4-12(14)15-9/h2-7H,1H3. The van der Waals surface area contributed by atoms with E-state index in [9.17, 15) is 0 Å². The zero-order valence-electron chi connectivity index (χ0n) is 9.55. The largest absolute Gasteiger partial charge is 0.497 e. The van der Waals surface area contributed by atoms with E-state index in [1.807, 2.05) is 18.2 Å². The normalized spacial score (nSPS) is 10.8. The third kappa shape index (κ3) is 1.91. The van der Waals surface area contributed by atoms with E-state index in [0.717, 1.165) is 11.3 Å². The molecule has 0 radical (unpaired) electrons. The van der Waals surface area contributed by atoms with Gasteiger partial charge in [-0.2, -0.15) is 0 Å². The van der Waals surface area contributed by atoms with Crippen molar-refractivity contribution in [2.75, 3.05) is 7.11 Å². The number of aromatic nitrogens is 2. The van der Waals surface area contributed by atoms with Gasteiger partial charge < -0.3 is 9.15 Å². The SMILES string of the molecule is COc1ccc2oc(-c3cccc(Cl)n3)nc2c1. The van der Waals surface area contributed by atoms with Gasteiger partial charge in [0.25, 0.3) is 0 Å². The van der Waals surface area contributed by atoms with Crippen LogP contribution in [0.1, 0.15) is 0 Å². The summed E-state index contributed by atoms with van der Waals surface area (Å²) < 4.78 is 10.8. The van der Waals surface area contributed by atoms with Crippen LogP contribution in [0.15, 0.2) is 40.8 Å². The molecule has 0 N–H and O–H groups in total. The Kier molecular flexibility index (Phi) is 2.64. The molecule has 0 fully saturated rings. The Balaban J connectivity index is 2.13. The van der Waals surface area contributed by atoms with Crippen LogP contribution in [0.5, 0.6) is 5.75 Å². The van der Waals surface area contributed by atoms with Gasteiger partial charge in [-0.25, -0.2) is 9.97 Å². The molecule has 0 aliphatic heterocycles. The van der Waals surface area contributed by atoms with Crippen LogP contribution in [-0.4, -0.2) is 17.1 Å². The number of nitrogens with zero attached hydrogens (tertiary/aromatic N) is 2. The maximum atomic E-state index is 5.84. The minimum absolute atomic E-state index is 0.410. The lowest BCUT2D eigenvalue weighted by atomic mass is 10.3. The highest BCUT2D eigenvalue weighted by Gasteiger charge is 2.10. The van der Waals surface area contributed by atoms with Gasteiger partial charge in [-0.3, -0.25) is 0 Å². The molecule has 0 aliphatic rings. The number of hydrogen-bond acceptors (Lipinski definition) is 4. The third-order valence-electron chi connectivity index (χ3n) is 2.53. The van der Waals surface area contributed by atoms with Crippen LogP contribution in [0.4, 0.5) is 0 Å². The summed E-state index contributed by atoms with van der Waals surface area (Å²) in [6, 6.07) is 10.8. The monoisotopic (exact) mass is 260 g/mol. The first-order valence-corrected chi connectivity index (χ1v) is 5.71. The predicted molar refractivity (Wildman–Crippen MR) is 68.8 cm³/mol. The van der Waals surface area contributed by atoms with Crippen molar-refractivity contribution in [3.63, 3.8) is 0 Å². The summed E-state index contributed by atoms with van der Waals surface area (Å²) in [5.41, 5.74) is 2.02. The van der Waals surface area contributed by atoms with Crippen molar-refractivity contribution in [3.8, 4) is 17.3 Å². The number of oxazole rings is 1. The molecule has 0 bridgehead atoms. The first kappa shape index (κ1) is 11.0. The molecule has 0 amide bonds. The number of hydrogen-bond donors (Lipinski definition) is 0. The Bertz CT molecular complexity index is 709. The first-order valence-electron chi connectivity index (χ1n) is 5.34. The summed E-state index contributed by atoms with van der Waals surface area (Å²) in [7, 11) is 1.61. The smallest absolute Gasteiger partial charge is 0.246 e. The number of benzene rings is 1. The highest BCUT2D eigenvalue weighted by molar-refractivity contribution is 6.29. The molecule has 3 rings (SSSR count). The van der Waals surface area contributed by atoms with E-state index >= 15 is 0 Å². The van der Waals surface area contributed by atoms with Crippen molar-refractivity contribution >= 4 is 22.7 Å². The van der Waals surface area contributed by atoms with Crippen molar-refractivity contribution in [3.05, 3.63) is 41.6 Å². The lowest BCUT2D eigenvalue weighted by molar-refractivity contribution is 0.415. The van der Waals surface area contributed by atoms with E-state index in [4.69, 9.17) is 20.8 Å². The molecule has 0 unspecified atom stereocenters. The fourth-order valence-corrected chi connectivity index (χ4v) is 1.83. The molecule has 3 aromatic rings. The average Bonchev–Trinajstić information content (AvgIpc) is 2.81. The fraction of sp³-hybridized carbons (Fsp3) is 0.0769. The lowest BCUT2D eigenvalue weighted by Crippen LogP contribution is -1.83. The molecule has 0 atom stereocenters. The summed E-state index contributed by atoms with van der Waals surface area (Å²) in [6.45, 7) is 0. The molecule has 4 nitrogen and oxygen atoms in total. The molecular formula is C13H9ClN2O2. The van der Waals surface area contributed by atoms with E-state index in [0.29, 0.717) is 22.3 Å². The lowest BCUT2D eigenvalue weighted by Gasteiger charge is -1.95. The van der Waals surface area contributed by atoms with Gasteiger partial charge in [0.05, 0.1) is 7.11 Å². The summed E-state index contributed by atoms with van der Waals surface area (Å²) in [6.07, 6.45) is 0. The van der Waals surface area contributed by atoms with E-state index in [2.05, 4.69) is 9.97 Å². The van der Waals surface area contributed by atoms with Gasteiger partial charge in [0, 0.05) is 6.07 Å². The molecule has 2 heterocycles. The zero-order chi connectivity index (χ0) is 12.5. The van der Waals surface area contributed by atoms with Crippen molar-refractivity contribution in [1.82, 2.24) is 9.97 Å². The number of fused-ring (bicyclic) bond motifs is 1. The van der Waals surface area contributed by atoms with Crippen molar-refractivity contribution < 1.29 is 9.15 Å². The molecule has 0 saturated carbocycles. The Morgan fingerprint density at radius 2 is 2.06 bits per heavy atom. The number of rotatable bonds is 2. The molecule has 90 valence electrons. The van der Waals surface area contributed by atoms with Crippen LogP contribution >= 0.6 is 11.6 Å². The molecule has 18 heavy (non-hydrogen) atoms. The van der Waals surface area contributed by atoms with Crippen LogP contribution in [-0.2, 0) is 0 Å². The second-order valence-corrected chi connectivity index (χ2v) is 4.09. The van der Waals surface area contributed by atoms with Crippen LogP contribution < -0.4 is 4.74 Å². The molecule has 2 aromatic heterocycles. The van der Waals surface area contributed by atoms with Crippen LogP contribution in [0.25, 0.3) is 22.7 Å². The number of methoxy groups -OCH3 is 1. The molecule has 0 saturated heterocycles. The minimum atomic E-state index is 0.410. The van der Waals surface area contributed by atoms with E-state index in [1.165, 1.54) is 0 Å². The molecule has 1 aromatic carbocycles. The minimum Gasteiger partial charge on any atom is -0.497 e. The molecule has 0 spiro atoms. The summed E-state index contributed by atoms with van der Waals surface area (Å²) in [5, 5.41) is 0.410. The highest BCUT2D eigenvalue weighted by Crippen LogP contribution is 2.26. The number of ether oxygens (including phenoxy) is 1. The molecular weight excluding hydrogens is 252 g/mol. The Morgan fingerprint density at radius 1 is 1.17 bits per heavy atom. The summed E-state index contributed by atoms with van der Waals surface area (Å²) in [5.74, 6) is 1.18. The Labute approximate surface area is 108 Å². The van der Waals surface area contributed by atoms with Gasteiger partial charge in [-0.05, 0) is 24.3 Å². The van der Waals surface area contributed by atoms with Gasteiger partial charge in [0.2, 0.25) is 5.89 Å². The fourth-order valence-electron chi connectivity index (χ4n) is 1.67. The Hall–Kier alpha value is -2.07. The Morgan fingerprint density at radius 3 is 2.83 bits per heavy atom. The van der Waals surface area contributed by atoms with Crippen LogP contribution in [0.3, 0.4) is 0 Å². The third-order valence-corrected chi connectivity index (χ3v) is 2.74. The number of pyridine rings is 1. The van der Waals surface area contributed by atoms with Gasteiger partial charge >= 0.3 is 0 Å². The maximum Gasteiger partial charge on any atom is 0.246 e. The van der Waals surface area contributed by atoms with E-state index < -0.39 is 0 Å². The second-order valence-electron chi connectivity index (χ2n) is 3.70. The van der Waals surface area contributed by atoms with Crippen molar-refractivity contribution in [2.45, 2.75) is 0 Å². The number of halogens is 1. The van der Waals surface area contributed by atoms with Gasteiger partial charge in [0.1, 0.15) is 22.1 Å². The quantitative estimate of drug-likeness (QED) is 0.661. The van der Waals surface area contributed by atoms with E-state index in [1.54, 1.807) is 25.3 Å². The van der Waals surface area contributed by atoms with Gasteiger partial charge in [-0.1, -0.05) is 17.7 Å². The van der Waals surface area contributed by atoms with E-state index in [-0.39, 0.29) is 0 Å². The van der Waals surface area contributed by atoms with Crippen LogP contribution in [0.2, 0.25) is 5.15 Å². The average molecular weight is 261 g/mol. The predicted octanol–water partition coefficient (Wildman–Crippen LogP) is 3.55. The molecule has 5 heteroatoms. The topological polar surface area (TPSA) is 48.2 Å². The summed E-state index contributed by atoms with van der Waals surface area (Å²) >= 11 is 5.84. The zero-order valence-corrected chi connectivity index (χ0v) is 10.3.